The SMILES string of the molecule is NC(=O)CNCc1ccc(-c2ccc(CC(NC(=O)c3ccccc3Cl)C(=O)O)cc2)cc1. The highest BCUT2D eigenvalue weighted by molar-refractivity contribution is 6.33. The number of primary amides is 1. The van der Waals surface area contributed by atoms with E-state index in [2.05, 4.69) is 10.6 Å². The molecule has 8 heteroatoms. The van der Waals surface area contributed by atoms with Crippen LogP contribution in [0.1, 0.15) is 21.5 Å². The topological polar surface area (TPSA) is 122 Å². The summed E-state index contributed by atoms with van der Waals surface area (Å²) in [6, 6.07) is 20.8. The lowest BCUT2D eigenvalue weighted by atomic mass is 9.99. The number of rotatable bonds is 10. The van der Waals surface area contributed by atoms with E-state index in [0.717, 1.165) is 22.3 Å². The van der Waals surface area contributed by atoms with Crippen LogP contribution >= 0.6 is 11.6 Å². The Balaban J connectivity index is 1.63. The Morgan fingerprint density at radius 1 is 0.879 bits per heavy atom. The van der Waals surface area contributed by atoms with Gasteiger partial charge < -0.3 is 21.5 Å². The smallest absolute Gasteiger partial charge is 0.326 e. The summed E-state index contributed by atoms with van der Waals surface area (Å²) in [7, 11) is 0. The molecule has 0 spiro atoms. The van der Waals surface area contributed by atoms with Crippen molar-refractivity contribution in [3.8, 4) is 11.1 Å². The van der Waals surface area contributed by atoms with Gasteiger partial charge in [-0.1, -0.05) is 72.3 Å². The number of carboxylic acid groups (broad SMARTS) is 1. The van der Waals surface area contributed by atoms with Crippen molar-refractivity contribution in [2.24, 2.45) is 5.73 Å². The molecule has 0 bridgehead atoms. The van der Waals surface area contributed by atoms with Crippen LogP contribution in [0.5, 0.6) is 0 Å². The second kappa shape index (κ2) is 11.3. The van der Waals surface area contributed by atoms with E-state index in [9.17, 15) is 19.5 Å². The summed E-state index contributed by atoms with van der Waals surface area (Å²) >= 11 is 6.03. The first kappa shape index (κ1) is 24.0. The molecule has 1 unspecified atom stereocenters. The van der Waals surface area contributed by atoms with E-state index in [0.29, 0.717) is 6.54 Å². The van der Waals surface area contributed by atoms with E-state index in [-0.39, 0.29) is 23.6 Å². The minimum Gasteiger partial charge on any atom is -0.480 e. The zero-order valence-electron chi connectivity index (χ0n) is 17.8. The molecule has 3 aromatic carbocycles. The fourth-order valence-electron chi connectivity index (χ4n) is 3.30. The summed E-state index contributed by atoms with van der Waals surface area (Å²) in [6.07, 6.45) is 0.135. The van der Waals surface area contributed by atoms with Gasteiger partial charge in [0.05, 0.1) is 17.1 Å². The maximum atomic E-state index is 12.5. The van der Waals surface area contributed by atoms with Crippen molar-refractivity contribution in [2.45, 2.75) is 19.0 Å². The van der Waals surface area contributed by atoms with Crippen LogP contribution in [0.15, 0.2) is 72.8 Å². The number of hydrogen-bond acceptors (Lipinski definition) is 4. The van der Waals surface area contributed by atoms with Crippen LogP contribution in [0.3, 0.4) is 0 Å². The van der Waals surface area contributed by atoms with Crippen molar-refractivity contribution in [3.05, 3.63) is 94.5 Å². The summed E-state index contributed by atoms with van der Waals surface area (Å²) < 4.78 is 0. The number of nitrogens with two attached hydrogens (primary N) is 1. The predicted molar refractivity (Wildman–Crippen MR) is 127 cm³/mol. The van der Waals surface area contributed by atoms with Gasteiger partial charge in [-0.2, -0.15) is 0 Å². The number of nitrogens with one attached hydrogen (secondary N) is 2. The van der Waals surface area contributed by atoms with Gasteiger partial charge in [0.2, 0.25) is 5.91 Å². The largest absolute Gasteiger partial charge is 0.480 e. The molecular formula is C25H24ClN3O4. The first-order valence-electron chi connectivity index (χ1n) is 10.3. The average Bonchev–Trinajstić information content (AvgIpc) is 2.79. The normalized spacial score (nSPS) is 11.5. The van der Waals surface area contributed by atoms with E-state index in [1.807, 2.05) is 48.5 Å². The van der Waals surface area contributed by atoms with Crippen molar-refractivity contribution in [1.29, 1.82) is 0 Å². The van der Waals surface area contributed by atoms with Crippen LogP contribution in [-0.2, 0) is 22.6 Å². The van der Waals surface area contributed by atoms with Gasteiger partial charge in [-0.3, -0.25) is 9.59 Å². The van der Waals surface area contributed by atoms with Gasteiger partial charge >= 0.3 is 5.97 Å². The summed E-state index contributed by atoms with van der Waals surface area (Å²) in [5.41, 5.74) is 9.12. The number of carbonyl (C=O) groups is 3. The maximum absolute atomic E-state index is 12.5. The Bertz CT molecular complexity index is 1130. The van der Waals surface area contributed by atoms with Crippen molar-refractivity contribution in [2.75, 3.05) is 6.54 Å². The van der Waals surface area contributed by atoms with Gasteiger partial charge in [0.25, 0.3) is 5.91 Å². The molecule has 3 rings (SSSR count). The molecule has 5 N–H and O–H groups in total. The molecule has 0 radical (unpaired) electrons. The Morgan fingerprint density at radius 3 is 2.00 bits per heavy atom. The number of carbonyl (C=O) groups excluding carboxylic acids is 2. The summed E-state index contributed by atoms with van der Waals surface area (Å²) in [6.45, 7) is 0.665. The lowest BCUT2D eigenvalue weighted by Gasteiger charge is -2.15. The van der Waals surface area contributed by atoms with Gasteiger partial charge in [-0.05, 0) is 34.4 Å². The summed E-state index contributed by atoms with van der Waals surface area (Å²) in [4.78, 5) is 35.0. The fourth-order valence-corrected chi connectivity index (χ4v) is 3.52. The fraction of sp³-hybridized carbons (Fsp3) is 0.160. The molecule has 0 aromatic heterocycles. The molecular weight excluding hydrogens is 442 g/mol. The van der Waals surface area contributed by atoms with Crippen LogP contribution in [0.25, 0.3) is 11.1 Å². The molecule has 0 heterocycles. The van der Waals surface area contributed by atoms with Crippen molar-refractivity contribution < 1.29 is 19.5 Å². The van der Waals surface area contributed by atoms with Gasteiger partial charge in [0, 0.05) is 13.0 Å². The molecule has 2 amide bonds. The van der Waals surface area contributed by atoms with Crippen LogP contribution in [-0.4, -0.2) is 35.5 Å². The molecule has 0 saturated heterocycles. The molecule has 0 fully saturated rings. The molecule has 0 aliphatic heterocycles. The zero-order chi connectivity index (χ0) is 23.8. The Kier molecular flexibility index (Phi) is 8.18. The average molecular weight is 466 g/mol. The highest BCUT2D eigenvalue weighted by Gasteiger charge is 2.22. The third-order valence-electron chi connectivity index (χ3n) is 5.03. The maximum Gasteiger partial charge on any atom is 0.326 e. The van der Waals surface area contributed by atoms with Crippen LogP contribution in [0.4, 0.5) is 0 Å². The van der Waals surface area contributed by atoms with Crippen LogP contribution in [0, 0.1) is 0 Å². The third kappa shape index (κ3) is 6.90. The van der Waals surface area contributed by atoms with Gasteiger partial charge in [0.15, 0.2) is 0 Å². The van der Waals surface area contributed by atoms with E-state index < -0.39 is 23.8 Å². The molecule has 0 aliphatic carbocycles. The number of amides is 2. The van der Waals surface area contributed by atoms with Crippen molar-refractivity contribution in [1.82, 2.24) is 10.6 Å². The van der Waals surface area contributed by atoms with E-state index in [1.165, 1.54) is 0 Å². The molecule has 170 valence electrons. The summed E-state index contributed by atoms with van der Waals surface area (Å²) in [5, 5.41) is 15.3. The lowest BCUT2D eigenvalue weighted by molar-refractivity contribution is -0.139. The van der Waals surface area contributed by atoms with Crippen molar-refractivity contribution >= 4 is 29.4 Å². The van der Waals surface area contributed by atoms with E-state index >= 15 is 0 Å². The highest BCUT2D eigenvalue weighted by Crippen LogP contribution is 2.21. The number of hydrogen-bond donors (Lipinski definition) is 4. The first-order chi connectivity index (χ1) is 15.8. The van der Waals surface area contributed by atoms with Gasteiger partial charge in [-0.15, -0.1) is 0 Å². The monoisotopic (exact) mass is 465 g/mol. The zero-order valence-corrected chi connectivity index (χ0v) is 18.5. The second-order valence-electron chi connectivity index (χ2n) is 7.51. The summed E-state index contributed by atoms with van der Waals surface area (Å²) in [5.74, 6) is -2.06. The molecule has 0 saturated carbocycles. The minimum atomic E-state index is -1.12. The number of benzene rings is 3. The Hall–Kier alpha value is -3.68. The van der Waals surface area contributed by atoms with Crippen LogP contribution < -0.4 is 16.4 Å². The quantitative estimate of drug-likeness (QED) is 0.366. The van der Waals surface area contributed by atoms with E-state index in [1.54, 1.807) is 24.3 Å². The molecule has 3 aromatic rings. The lowest BCUT2D eigenvalue weighted by Crippen LogP contribution is -2.42. The van der Waals surface area contributed by atoms with Crippen molar-refractivity contribution in [3.63, 3.8) is 0 Å². The number of halogens is 1. The molecule has 0 aliphatic rings. The van der Waals surface area contributed by atoms with Gasteiger partial charge in [-0.25, -0.2) is 4.79 Å². The third-order valence-corrected chi connectivity index (χ3v) is 5.36. The Morgan fingerprint density at radius 2 is 1.45 bits per heavy atom. The van der Waals surface area contributed by atoms with E-state index in [4.69, 9.17) is 17.3 Å². The number of aliphatic carboxylic acids is 1. The van der Waals surface area contributed by atoms with Gasteiger partial charge in [0.1, 0.15) is 6.04 Å². The van der Waals surface area contributed by atoms with Crippen LogP contribution in [0.2, 0.25) is 5.02 Å². The molecule has 1 atom stereocenters. The first-order valence-corrected chi connectivity index (χ1v) is 10.7. The molecule has 33 heavy (non-hydrogen) atoms. The minimum absolute atomic E-state index is 0.124. The second-order valence-corrected chi connectivity index (χ2v) is 7.92. The highest BCUT2D eigenvalue weighted by atomic mass is 35.5. The standard InChI is InChI=1S/C25H24ClN3O4/c26-21-4-2-1-3-20(21)24(31)29-22(25(32)33)13-16-5-9-18(10-6-16)19-11-7-17(8-12-19)14-28-15-23(27)30/h1-12,22,28H,13-15H2,(H2,27,30)(H,29,31)(H,32,33). The predicted octanol–water partition coefficient (Wildman–Crippen LogP) is 3.01. The number of carboxylic acids is 1. The Labute approximate surface area is 196 Å². The molecule has 7 nitrogen and oxygen atoms in total.